The lowest BCUT2D eigenvalue weighted by Crippen LogP contribution is -2.39. The van der Waals surface area contributed by atoms with Crippen LogP contribution in [0.25, 0.3) is 10.9 Å². The van der Waals surface area contributed by atoms with Gasteiger partial charge >= 0.3 is 0 Å². The molecule has 2 heterocycles. The van der Waals surface area contributed by atoms with Crippen molar-refractivity contribution in [3.63, 3.8) is 0 Å². The number of benzene rings is 2. The van der Waals surface area contributed by atoms with Gasteiger partial charge in [0, 0.05) is 23.6 Å². The molecule has 4 rings (SSSR count). The molecule has 0 saturated carbocycles. The Balaban J connectivity index is 1.72. The van der Waals surface area contributed by atoms with Gasteiger partial charge in [-0.3, -0.25) is 0 Å². The zero-order valence-electron chi connectivity index (χ0n) is 16.9. The first-order chi connectivity index (χ1) is 13.9. The lowest BCUT2D eigenvalue weighted by molar-refractivity contribution is 0.292. The van der Waals surface area contributed by atoms with Crippen LogP contribution in [-0.4, -0.2) is 44.7 Å². The average Bonchev–Trinajstić information content (AvgIpc) is 3.13. The summed E-state index contributed by atoms with van der Waals surface area (Å²) in [4.78, 5) is 3.30. The van der Waals surface area contributed by atoms with Crippen molar-refractivity contribution in [1.29, 1.82) is 0 Å². The zero-order valence-corrected chi connectivity index (χ0v) is 17.8. The molecule has 154 valence electrons. The second-order valence-electron chi connectivity index (χ2n) is 7.44. The molecule has 1 atom stereocenters. The number of hydrogen-bond acceptors (Lipinski definition) is 4. The van der Waals surface area contributed by atoms with Gasteiger partial charge < -0.3 is 14.5 Å². The fourth-order valence-electron chi connectivity index (χ4n) is 4.33. The van der Waals surface area contributed by atoms with Gasteiger partial charge in [-0.15, -0.1) is 0 Å². The van der Waals surface area contributed by atoms with E-state index in [-0.39, 0.29) is 6.04 Å². The minimum absolute atomic E-state index is 0.234. The summed E-state index contributed by atoms with van der Waals surface area (Å²) in [5.41, 5.74) is 4.41. The third-order valence-corrected chi connectivity index (χ3v) is 7.03. The van der Waals surface area contributed by atoms with Crippen molar-refractivity contribution in [2.45, 2.75) is 25.3 Å². The van der Waals surface area contributed by atoms with Crippen molar-refractivity contribution < 1.29 is 17.9 Å². The maximum atomic E-state index is 12.5. The molecular formula is C22H26N2O4S. The van der Waals surface area contributed by atoms with Crippen LogP contribution in [0.15, 0.2) is 42.6 Å². The first-order valence-corrected chi connectivity index (χ1v) is 11.5. The molecule has 1 aliphatic rings. The summed E-state index contributed by atoms with van der Waals surface area (Å²) in [6.45, 7) is 0.472. The number of sulfonamides is 1. The summed E-state index contributed by atoms with van der Waals surface area (Å²) in [5, 5.41) is 1.18. The summed E-state index contributed by atoms with van der Waals surface area (Å²) in [7, 11) is -0.118. The smallest absolute Gasteiger partial charge is 0.211 e. The van der Waals surface area contributed by atoms with Crippen LogP contribution in [0.5, 0.6) is 11.5 Å². The monoisotopic (exact) mass is 414 g/mol. The van der Waals surface area contributed by atoms with Crippen LogP contribution in [-0.2, 0) is 22.9 Å². The highest BCUT2D eigenvalue weighted by Gasteiger charge is 2.34. The molecule has 1 N–H and O–H groups in total. The van der Waals surface area contributed by atoms with Gasteiger partial charge in [0.2, 0.25) is 10.0 Å². The number of rotatable bonds is 6. The molecule has 0 bridgehead atoms. The van der Waals surface area contributed by atoms with Crippen LogP contribution in [0.4, 0.5) is 0 Å². The van der Waals surface area contributed by atoms with Crippen molar-refractivity contribution in [3.05, 3.63) is 59.3 Å². The first kappa shape index (κ1) is 19.8. The second kappa shape index (κ2) is 7.72. The normalized spacial score (nSPS) is 17.3. The topological polar surface area (TPSA) is 71.6 Å². The number of H-pyrrole nitrogens is 1. The van der Waals surface area contributed by atoms with E-state index in [9.17, 15) is 8.42 Å². The van der Waals surface area contributed by atoms with E-state index in [1.54, 1.807) is 18.5 Å². The average molecular weight is 415 g/mol. The molecule has 29 heavy (non-hydrogen) atoms. The highest BCUT2D eigenvalue weighted by Crippen LogP contribution is 2.41. The Bertz CT molecular complexity index is 1140. The Labute approximate surface area is 171 Å². The zero-order chi connectivity index (χ0) is 20.6. The van der Waals surface area contributed by atoms with Gasteiger partial charge in [0.25, 0.3) is 0 Å². The minimum atomic E-state index is -3.33. The van der Waals surface area contributed by atoms with Gasteiger partial charge in [0.15, 0.2) is 11.5 Å². The highest BCUT2D eigenvalue weighted by atomic mass is 32.2. The number of nitrogens with one attached hydrogen (secondary N) is 1. The number of methoxy groups -OCH3 is 2. The van der Waals surface area contributed by atoms with Crippen LogP contribution in [0, 0.1) is 0 Å². The van der Waals surface area contributed by atoms with E-state index in [2.05, 4.69) is 17.1 Å². The lowest BCUT2D eigenvalue weighted by atomic mass is 9.90. The molecule has 3 aromatic rings. The summed E-state index contributed by atoms with van der Waals surface area (Å²) >= 11 is 0. The van der Waals surface area contributed by atoms with E-state index in [1.165, 1.54) is 17.2 Å². The number of aryl methyl sites for hydroxylation is 1. The molecule has 6 nitrogen and oxygen atoms in total. The molecule has 0 fully saturated rings. The lowest BCUT2D eigenvalue weighted by Gasteiger charge is -2.36. The van der Waals surface area contributed by atoms with Crippen LogP contribution in [0.3, 0.4) is 0 Å². The number of ether oxygens (including phenoxy) is 2. The number of aromatic amines is 1. The van der Waals surface area contributed by atoms with Gasteiger partial charge in [0.1, 0.15) is 0 Å². The van der Waals surface area contributed by atoms with Crippen LogP contribution in [0.2, 0.25) is 0 Å². The predicted molar refractivity (Wildman–Crippen MR) is 114 cm³/mol. The van der Waals surface area contributed by atoms with E-state index >= 15 is 0 Å². The van der Waals surface area contributed by atoms with Gasteiger partial charge in [-0.05, 0) is 54.2 Å². The Kier molecular flexibility index (Phi) is 5.27. The van der Waals surface area contributed by atoms with E-state index < -0.39 is 10.0 Å². The van der Waals surface area contributed by atoms with Crippen molar-refractivity contribution >= 4 is 20.9 Å². The Morgan fingerprint density at radius 3 is 2.59 bits per heavy atom. The predicted octanol–water partition coefficient (Wildman–Crippen LogP) is 3.68. The molecule has 0 spiro atoms. The van der Waals surface area contributed by atoms with E-state index in [4.69, 9.17) is 9.47 Å². The molecular weight excluding hydrogens is 388 g/mol. The van der Waals surface area contributed by atoms with Crippen molar-refractivity contribution in [3.8, 4) is 11.5 Å². The van der Waals surface area contributed by atoms with Gasteiger partial charge in [-0.1, -0.05) is 18.2 Å². The fraction of sp³-hybridized carbons (Fsp3) is 0.364. The third kappa shape index (κ3) is 3.72. The summed E-state index contributed by atoms with van der Waals surface area (Å²) in [6, 6.07) is 11.9. The summed E-state index contributed by atoms with van der Waals surface area (Å²) < 4.78 is 37.6. The molecule has 0 saturated heterocycles. The fourth-order valence-corrected chi connectivity index (χ4v) is 5.44. The SMILES string of the molecule is COc1cc2c(cc1OC)[C@@H](CCc1c[nH]c3ccccc13)N(S(C)(=O)=O)CC2. The number of nitrogens with zero attached hydrogens (tertiary/aromatic N) is 1. The number of fused-ring (bicyclic) bond motifs is 2. The molecule has 2 aromatic carbocycles. The Hall–Kier alpha value is -2.51. The van der Waals surface area contributed by atoms with Gasteiger partial charge in [-0.2, -0.15) is 4.31 Å². The molecule has 0 radical (unpaired) electrons. The maximum Gasteiger partial charge on any atom is 0.211 e. The van der Waals surface area contributed by atoms with Crippen LogP contribution in [0.1, 0.15) is 29.2 Å². The molecule has 0 aliphatic carbocycles. The number of aromatic nitrogens is 1. The molecule has 0 unspecified atom stereocenters. The highest BCUT2D eigenvalue weighted by molar-refractivity contribution is 7.88. The third-order valence-electron chi connectivity index (χ3n) is 5.74. The van der Waals surface area contributed by atoms with Gasteiger partial charge in [0.05, 0.1) is 26.5 Å². The molecule has 1 aromatic heterocycles. The molecule has 0 amide bonds. The first-order valence-electron chi connectivity index (χ1n) is 9.69. The van der Waals surface area contributed by atoms with Gasteiger partial charge in [-0.25, -0.2) is 8.42 Å². The quantitative estimate of drug-likeness (QED) is 0.668. The van der Waals surface area contributed by atoms with E-state index in [0.717, 1.165) is 23.1 Å². The number of para-hydroxylation sites is 1. The molecule has 7 heteroatoms. The van der Waals surface area contributed by atoms with Crippen molar-refractivity contribution in [2.75, 3.05) is 27.0 Å². The largest absolute Gasteiger partial charge is 0.493 e. The summed E-state index contributed by atoms with van der Waals surface area (Å²) in [5.74, 6) is 1.30. The van der Waals surface area contributed by atoms with Crippen LogP contribution < -0.4 is 9.47 Å². The van der Waals surface area contributed by atoms with Crippen molar-refractivity contribution in [2.24, 2.45) is 0 Å². The number of hydrogen-bond donors (Lipinski definition) is 1. The summed E-state index contributed by atoms with van der Waals surface area (Å²) in [6.07, 6.45) is 5.43. The van der Waals surface area contributed by atoms with E-state index in [0.29, 0.717) is 30.9 Å². The van der Waals surface area contributed by atoms with E-state index in [1.807, 2.05) is 30.5 Å². The second-order valence-corrected chi connectivity index (χ2v) is 9.38. The standard InChI is InChI=1S/C22H26N2O4S/c1-27-21-12-15-10-11-24(29(3,25)26)20(18(15)13-22(21)28-2)9-8-16-14-23-19-7-5-4-6-17(16)19/h4-7,12-14,20,23H,8-11H2,1-3H3/t20-/m1/s1. The molecule has 1 aliphatic heterocycles. The Morgan fingerprint density at radius 1 is 1.14 bits per heavy atom. The van der Waals surface area contributed by atoms with Crippen LogP contribution >= 0.6 is 0 Å². The Morgan fingerprint density at radius 2 is 1.86 bits per heavy atom. The minimum Gasteiger partial charge on any atom is -0.493 e. The maximum absolute atomic E-state index is 12.5. The van der Waals surface area contributed by atoms with Crippen molar-refractivity contribution in [1.82, 2.24) is 9.29 Å².